The number of aliphatic hydroxyl groups is 8. The van der Waals surface area contributed by atoms with E-state index < -0.39 is 86.8 Å². The van der Waals surface area contributed by atoms with Crippen molar-refractivity contribution in [3.05, 3.63) is 36.5 Å². The predicted molar refractivity (Wildman–Crippen MR) is 281 cm³/mol. The van der Waals surface area contributed by atoms with Gasteiger partial charge in [-0.05, 0) is 44.9 Å². The molecule has 0 radical (unpaired) electrons. The summed E-state index contributed by atoms with van der Waals surface area (Å²) < 4.78 is 22.7. The fraction of sp³-hybridized carbons (Fsp3) is 0.877. The lowest BCUT2D eigenvalue weighted by atomic mass is 9.97. The highest BCUT2D eigenvalue weighted by Crippen LogP contribution is 2.30. The van der Waals surface area contributed by atoms with Crippen molar-refractivity contribution in [2.75, 3.05) is 19.8 Å². The molecule has 2 aliphatic heterocycles. The summed E-state index contributed by atoms with van der Waals surface area (Å²) in [5.74, 6) is -0.254. The van der Waals surface area contributed by atoms with Crippen LogP contribution in [0.1, 0.15) is 226 Å². The van der Waals surface area contributed by atoms with Gasteiger partial charge in [-0.2, -0.15) is 0 Å². The van der Waals surface area contributed by atoms with E-state index in [9.17, 15) is 45.6 Å². The van der Waals surface area contributed by atoms with E-state index in [2.05, 4.69) is 43.5 Å². The van der Waals surface area contributed by atoms with Gasteiger partial charge in [-0.3, -0.25) is 4.79 Å². The maximum Gasteiger partial charge on any atom is 0.220 e. The van der Waals surface area contributed by atoms with Crippen LogP contribution in [-0.2, 0) is 23.7 Å². The molecule has 71 heavy (non-hydrogen) atoms. The number of carbonyl (C=O) groups is 1. The van der Waals surface area contributed by atoms with Crippen LogP contribution in [0.2, 0.25) is 0 Å². The molecule has 2 fully saturated rings. The summed E-state index contributed by atoms with van der Waals surface area (Å²) in [6.45, 7) is 2.76. The molecule has 0 aromatic carbocycles. The number of hydrogen-bond donors (Lipinski definition) is 9. The molecule has 2 heterocycles. The Labute approximate surface area is 430 Å². The molecule has 0 spiro atoms. The molecule has 0 aromatic rings. The molecule has 0 aliphatic carbocycles. The summed E-state index contributed by atoms with van der Waals surface area (Å²) in [5, 5.41) is 86.8. The van der Waals surface area contributed by atoms with Gasteiger partial charge in [0.15, 0.2) is 12.6 Å². The topological polar surface area (TPSA) is 228 Å². The van der Waals surface area contributed by atoms with E-state index in [0.717, 1.165) is 44.9 Å². The standard InChI is InChI=1S/C57H105NO13/c1-3-5-7-9-11-13-15-16-17-18-19-20-21-22-23-24-25-26-27-28-29-31-32-34-36-38-40-46(61)45(58-49(62)41-39-37-35-33-30-14-12-10-8-6-4-2)44-68-56-54(67)52(65)55(48(43-60)70-56)71-57-53(66)51(64)50(63)47(42-59)69-57/h26-27,31-32,38,40,45-48,50-57,59-61,63-67H,3-25,28-30,33-37,39,41-44H2,1-2H3,(H,58,62)/b27-26+,32-31+,40-38+. The van der Waals surface area contributed by atoms with Crippen LogP contribution in [0.3, 0.4) is 0 Å². The fourth-order valence-electron chi connectivity index (χ4n) is 9.38. The number of allylic oxidation sites excluding steroid dienone is 5. The van der Waals surface area contributed by atoms with E-state index in [1.165, 1.54) is 148 Å². The zero-order valence-corrected chi connectivity index (χ0v) is 44.5. The second-order valence-electron chi connectivity index (χ2n) is 20.4. The monoisotopic (exact) mass is 1010 g/mol. The van der Waals surface area contributed by atoms with Crippen molar-refractivity contribution in [2.24, 2.45) is 0 Å². The molecule has 12 unspecified atom stereocenters. The molecule has 0 bridgehead atoms. The molecule has 416 valence electrons. The lowest BCUT2D eigenvalue weighted by Gasteiger charge is -2.46. The Balaban J connectivity index is 1.76. The molecule has 14 nitrogen and oxygen atoms in total. The molecule has 1 amide bonds. The van der Waals surface area contributed by atoms with Crippen molar-refractivity contribution in [3.8, 4) is 0 Å². The lowest BCUT2D eigenvalue weighted by Crippen LogP contribution is -2.65. The highest BCUT2D eigenvalue weighted by atomic mass is 16.7. The molecular formula is C57H105NO13. The van der Waals surface area contributed by atoms with E-state index in [1.807, 2.05) is 6.08 Å². The van der Waals surface area contributed by atoms with Gasteiger partial charge in [-0.1, -0.05) is 211 Å². The average molecular weight is 1010 g/mol. The molecule has 14 heteroatoms. The van der Waals surface area contributed by atoms with Gasteiger partial charge in [0.05, 0.1) is 32.0 Å². The molecule has 2 rings (SSSR count). The number of ether oxygens (including phenoxy) is 4. The van der Waals surface area contributed by atoms with Crippen molar-refractivity contribution in [1.82, 2.24) is 5.32 Å². The van der Waals surface area contributed by atoms with E-state index in [4.69, 9.17) is 18.9 Å². The van der Waals surface area contributed by atoms with Crippen molar-refractivity contribution in [3.63, 3.8) is 0 Å². The van der Waals surface area contributed by atoms with E-state index in [-0.39, 0.29) is 18.9 Å². The number of nitrogens with one attached hydrogen (secondary N) is 1. The van der Waals surface area contributed by atoms with E-state index >= 15 is 0 Å². The summed E-state index contributed by atoms with van der Waals surface area (Å²) in [5.41, 5.74) is 0. The summed E-state index contributed by atoms with van der Waals surface area (Å²) in [6.07, 6.45) is 34.9. The first-order chi connectivity index (χ1) is 34.6. The number of aliphatic hydroxyl groups excluding tert-OH is 8. The Morgan fingerprint density at radius 3 is 1.38 bits per heavy atom. The first-order valence-corrected chi connectivity index (χ1v) is 28.7. The number of carbonyl (C=O) groups excluding carboxylic acids is 1. The SMILES string of the molecule is CCCCCCCCCCCCCCCCCC/C=C/CC/C=C/CC/C=C/C(O)C(COC1OC(CO)C(OC2OC(CO)C(O)C(O)C2O)C(O)C1O)NC(=O)CCCCCCCCCCCCC. The number of hydrogen-bond acceptors (Lipinski definition) is 13. The third-order valence-corrected chi connectivity index (χ3v) is 14.1. The fourth-order valence-corrected chi connectivity index (χ4v) is 9.38. The molecule has 0 aromatic heterocycles. The van der Waals surface area contributed by atoms with Crippen molar-refractivity contribution in [1.29, 1.82) is 0 Å². The number of rotatable bonds is 45. The van der Waals surface area contributed by atoms with Crippen LogP contribution in [0.15, 0.2) is 36.5 Å². The van der Waals surface area contributed by atoms with Crippen LogP contribution < -0.4 is 5.32 Å². The normalized spacial score (nSPS) is 26.0. The Morgan fingerprint density at radius 2 is 0.901 bits per heavy atom. The number of unbranched alkanes of at least 4 members (excludes halogenated alkanes) is 28. The molecule has 2 saturated heterocycles. The largest absolute Gasteiger partial charge is 0.394 e. The molecular weight excluding hydrogens is 907 g/mol. The van der Waals surface area contributed by atoms with Gasteiger partial charge in [-0.25, -0.2) is 0 Å². The maximum absolute atomic E-state index is 13.2. The zero-order valence-electron chi connectivity index (χ0n) is 44.5. The van der Waals surface area contributed by atoms with Crippen molar-refractivity contribution in [2.45, 2.75) is 299 Å². The van der Waals surface area contributed by atoms with E-state index in [0.29, 0.717) is 12.8 Å². The average Bonchev–Trinajstić information content (AvgIpc) is 3.37. The Kier molecular flexibility index (Phi) is 40.0. The molecule has 2 aliphatic rings. The van der Waals surface area contributed by atoms with Gasteiger partial charge in [0, 0.05) is 6.42 Å². The second kappa shape index (κ2) is 43.4. The van der Waals surface area contributed by atoms with Gasteiger partial charge in [0.2, 0.25) is 5.91 Å². The van der Waals surface area contributed by atoms with E-state index in [1.54, 1.807) is 6.08 Å². The smallest absolute Gasteiger partial charge is 0.220 e. The minimum absolute atomic E-state index is 0.254. The van der Waals surface area contributed by atoms with Gasteiger partial charge >= 0.3 is 0 Å². The Bertz CT molecular complexity index is 1330. The summed E-state index contributed by atoms with van der Waals surface area (Å²) >= 11 is 0. The maximum atomic E-state index is 13.2. The minimum atomic E-state index is -1.79. The van der Waals surface area contributed by atoms with Crippen LogP contribution in [0, 0.1) is 0 Å². The van der Waals surface area contributed by atoms with Gasteiger partial charge in [-0.15, -0.1) is 0 Å². The molecule has 9 N–H and O–H groups in total. The van der Waals surface area contributed by atoms with Gasteiger partial charge in [0.1, 0.15) is 48.8 Å². The van der Waals surface area contributed by atoms with Crippen LogP contribution in [-0.4, -0.2) is 140 Å². The van der Waals surface area contributed by atoms with Crippen LogP contribution in [0.25, 0.3) is 0 Å². The zero-order chi connectivity index (χ0) is 51.7. The first-order valence-electron chi connectivity index (χ1n) is 28.7. The third-order valence-electron chi connectivity index (χ3n) is 14.1. The summed E-state index contributed by atoms with van der Waals surface area (Å²) in [7, 11) is 0. The minimum Gasteiger partial charge on any atom is -0.394 e. The molecule has 12 atom stereocenters. The van der Waals surface area contributed by atoms with Crippen LogP contribution >= 0.6 is 0 Å². The van der Waals surface area contributed by atoms with Crippen molar-refractivity contribution < 1.29 is 64.6 Å². The lowest BCUT2D eigenvalue weighted by molar-refractivity contribution is -0.359. The van der Waals surface area contributed by atoms with Gasteiger partial charge < -0.3 is 65.1 Å². The number of amides is 1. The second-order valence-corrected chi connectivity index (χ2v) is 20.4. The molecule has 0 saturated carbocycles. The van der Waals surface area contributed by atoms with Crippen molar-refractivity contribution >= 4 is 5.91 Å². The van der Waals surface area contributed by atoms with Gasteiger partial charge in [0.25, 0.3) is 0 Å². The van der Waals surface area contributed by atoms with Crippen LogP contribution in [0.4, 0.5) is 0 Å². The third kappa shape index (κ3) is 29.8. The Morgan fingerprint density at radius 1 is 0.493 bits per heavy atom. The summed E-state index contributed by atoms with van der Waals surface area (Å²) in [6, 6.07) is -0.934. The Hall–Kier alpha value is -1.79. The highest BCUT2D eigenvalue weighted by molar-refractivity contribution is 5.76. The first kappa shape index (κ1) is 65.3. The predicted octanol–water partition coefficient (Wildman–Crippen LogP) is 9.05. The highest BCUT2D eigenvalue weighted by Gasteiger charge is 2.51. The summed E-state index contributed by atoms with van der Waals surface area (Å²) in [4.78, 5) is 13.2. The van der Waals surface area contributed by atoms with Crippen LogP contribution in [0.5, 0.6) is 0 Å². The quantitative estimate of drug-likeness (QED) is 0.0205.